The third-order valence-corrected chi connectivity index (χ3v) is 6.60. The zero-order valence-corrected chi connectivity index (χ0v) is 20.4. The number of benzene rings is 2. The van der Waals surface area contributed by atoms with Crippen molar-refractivity contribution in [2.24, 2.45) is 0 Å². The number of rotatable bonds is 6. The first kappa shape index (κ1) is 23.2. The molecule has 0 atom stereocenters. The van der Waals surface area contributed by atoms with Crippen molar-refractivity contribution in [2.45, 2.75) is 40.0 Å². The average Bonchev–Trinajstić information content (AvgIpc) is 2.85. The van der Waals surface area contributed by atoms with Crippen LogP contribution in [0.5, 0.6) is 0 Å². The van der Waals surface area contributed by atoms with Gasteiger partial charge in [-0.15, -0.1) is 0 Å². The summed E-state index contributed by atoms with van der Waals surface area (Å²) < 4.78 is 0. The van der Waals surface area contributed by atoms with Crippen LogP contribution in [0.1, 0.15) is 46.9 Å². The maximum absolute atomic E-state index is 13.0. The molecular weight excluding hydrogens is 432 g/mol. The van der Waals surface area contributed by atoms with E-state index in [0.29, 0.717) is 23.9 Å². The molecule has 0 unspecified atom stereocenters. The highest BCUT2D eigenvalue weighted by Gasteiger charge is 2.25. The van der Waals surface area contributed by atoms with Gasteiger partial charge in [0.25, 0.3) is 5.91 Å². The zero-order valence-electron chi connectivity index (χ0n) is 19.6. The fraction of sp³-hybridized carbons (Fsp3) is 0.370. The number of carbonyl (C=O) groups is 1. The predicted molar refractivity (Wildman–Crippen MR) is 135 cm³/mol. The van der Waals surface area contributed by atoms with E-state index in [4.69, 9.17) is 21.6 Å². The number of hydrogen-bond acceptors (Lipinski definition) is 4. The van der Waals surface area contributed by atoms with Crippen LogP contribution < -0.4 is 4.90 Å². The minimum absolute atomic E-state index is 0.106. The molecule has 0 bridgehead atoms. The van der Waals surface area contributed by atoms with E-state index in [9.17, 15) is 4.79 Å². The van der Waals surface area contributed by atoms with Crippen LogP contribution in [-0.4, -0.2) is 47.0 Å². The molecule has 0 N–H and O–H groups in total. The second-order valence-electron chi connectivity index (χ2n) is 8.67. The number of amides is 1. The van der Waals surface area contributed by atoms with Crippen molar-refractivity contribution in [3.05, 3.63) is 75.9 Å². The lowest BCUT2D eigenvalue weighted by atomic mass is 10.1. The van der Waals surface area contributed by atoms with E-state index in [1.54, 1.807) is 0 Å². The summed E-state index contributed by atoms with van der Waals surface area (Å²) in [6.07, 6.45) is 3.42. The van der Waals surface area contributed by atoms with Gasteiger partial charge >= 0.3 is 0 Å². The van der Waals surface area contributed by atoms with E-state index >= 15 is 0 Å². The molecule has 0 saturated carbocycles. The molecule has 3 aromatic rings. The van der Waals surface area contributed by atoms with Crippen LogP contribution in [0.15, 0.2) is 48.5 Å². The van der Waals surface area contributed by atoms with Gasteiger partial charge in [0.2, 0.25) is 0 Å². The minimum Gasteiger partial charge on any atom is -0.353 e. The molecule has 0 aliphatic carbocycles. The molecule has 1 amide bonds. The lowest BCUT2D eigenvalue weighted by Gasteiger charge is -2.36. The lowest BCUT2D eigenvalue weighted by Crippen LogP contribution is -2.49. The molecule has 2 aromatic carbocycles. The van der Waals surface area contributed by atoms with E-state index in [-0.39, 0.29) is 5.91 Å². The Morgan fingerprint density at radius 3 is 2.24 bits per heavy atom. The Labute approximate surface area is 201 Å². The lowest BCUT2D eigenvalue weighted by molar-refractivity contribution is 0.0746. The Morgan fingerprint density at radius 2 is 1.61 bits per heavy atom. The zero-order chi connectivity index (χ0) is 23.4. The Bertz CT molecular complexity index is 1100. The molecule has 0 radical (unpaired) electrons. The minimum atomic E-state index is 0.106. The number of carbonyl (C=O) groups excluding carboxylic acids is 1. The number of aryl methyl sites for hydroxylation is 2. The second kappa shape index (κ2) is 10.3. The second-order valence-corrected chi connectivity index (χ2v) is 9.10. The molecular formula is C27H31ClN4O. The van der Waals surface area contributed by atoms with Crippen LogP contribution in [-0.2, 0) is 6.42 Å². The topological polar surface area (TPSA) is 49.3 Å². The van der Waals surface area contributed by atoms with Crippen LogP contribution in [0.25, 0.3) is 11.4 Å². The molecule has 1 aromatic heterocycles. The van der Waals surface area contributed by atoms with Gasteiger partial charge in [0.05, 0.1) is 0 Å². The van der Waals surface area contributed by atoms with Gasteiger partial charge in [-0.3, -0.25) is 4.79 Å². The average molecular weight is 463 g/mol. The van der Waals surface area contributed by atoms with Crippen LogP contribution in [0.2, 0.25) is 5.02 Å². The normalized spacial score (nSPS) is 13.9. The summed E-state index contributed by atoms with van der Waals surface area (Å²) in [5, 5.41) is 0.694. The predicted octanol–water partition coefficient (Wildman–Crippen LogP) is 5.72. The summed E-state index contributed by atoms with van der Waals surface area (Å²) in [4.78, 5) is 26.8. The largest absolute Gasteiger partial charge is 0.353 e. The van der Waals surface area contributed by atoms with Gasteiger partial charge in [0, 0.05) is 53.6 Å². The van der Waals surface area contributed by atoms with E-state index in [2.05, 4.69) is 30.9 Å². The standard InChI is InChI=1S/C27H31ClN4O/c1-4-5-6-21-7-9-23(10-8-21)27(33)32-17-15-31(16-18-32)26-19(2)20(3)29-25(30-26)22-11-13-24(28)14-12-22/h7-14H,4-6,15-18H2,1-3H3. The fourth-order valence-electron chi connectivity index (χ4n) is 4.15. The van der Waals surface area contributed by atoms with Crippen LogP contribution >= 0.6 is 11.6 Å². The summed E-state index contributed by atoms with van der Waals surface area (Å²) in [7, 11) is 0. The van der Waals surface area contributed by atoms with Crippen molar-refractivity contribution in [3.63, 3.8) is 0 Å². The third-order valence-electron chi connectivity index (χ3n) is 6.35. The number of hydrogen-bond donors (Lipinski definition) is 0. The van der Waals surface area contributed by atoms with Crippen molar-refractivity contribution in [1.82, 2.24) is 14.9 Å². The van der Waals surface area contributed by atoms with Crippen LogP contribution in [0.4, 0.5) is 5.82 Å². The van der Waals surface area contributed by atoms with Gasteiger partial charge in [0.1, 0.15) is 5.82 Å². The summed E-state index contributed by atoms with van der Waals surface area (Å²) >= 11 is 6.04. The summed E-state index contributed by atoms with van der Waals surface area (Å²) in [6.45, 7) is 9.12. The SMILES string of the molecule is CCCCc1ccc(C(=O)N2CCN(c3nc(-c4ccc(Cl)cc4)nc(C)c3C)CC2)cc1. The number of unbranched alkanes of at least 4 members (excludes halogenated alkanes) is 1. The molecule has 1 aliphatic heterocycles. The number of piperazine rings is 1. The molecule has 4 rings (SSSR count). The van der Waals surface area contributed by atoms with Crippen molar-refractivity contribution in [2.75, 3.05) is 31.1 Å². The Morgan fingerprint density at radius 1 is 0.939 bits per heavy atom. The molecule has 0 spiro atoms. The molecule has 1 aliphatic rings. The monoisotopic (exact) mass is 462 g/mol. The fourth-order valence-corrected chi connectivity index (χ4v) is 4.27. The molecule has 172 valence electrons. The highest BCUT2D eigenvalue weighted by Crippen LogP contribution is 2.26. The van der Waals surface area contributed by atoms with Gasteiger partial charge < -0.3 is 9.80 Å². The van der Waals surface area contributed by atoms with E-state index in [1.807, 2.05) is 48.2 Å². The summed E-state index contributed by atoms with van der Waals surface area (Å²) in [5.41, 5.74) is 5.05. The highest BCUT2D eigenvalue weighted by molar-refractivity contribution is 6.30. The van der Waals surface area contributed by atoms with E-state index in [0.717, 1.165) is 47.7 Å². The summed E-state index contributed by atoms with van der Waals surface area (Å²) in [5.74, 6) is 1.75. The van der Waals surface area contributed by atoms with Crippen LogP contribution in [0.3, 0.4) is 0 Å². The first-order valence-electron chi connectivity index (χ1n) is 11.7. The highest BCUT2D eigenvalue weighted by atomic mass is 35.5. The van der Waals surface area contributed by atoms with Gasteiger partial charge in [0.15, 0.2) is 5.82 Å². The van der Waals surface area contributed by atoms with Crippen molar-refractivity contribution in [1.29, 1.82) is 0 Å². The number of anilines is 1. The molecule has 6 heteroatoms. The van der Waals surface area contributed by atoms with E-state index in [1.165, 1.54) is 18.4 Å². The Hall–Kier alpha value is -2.92. The molecule has 5 nitrogen and oxygen atoms in total. The van der Waals surface area contributed by atoms with Gasteiger partial charge in [-0.1, -0.05) is 37.1 Å². The van der Waals surface area contributed by atoms with Crippen LogP contribution in [0, 0.1) is 13.8 Å². The van der Waals surface area contributed by atoms with Gasteiger partial charge in [-0.2, -0.15) is 0 Å². The first-order valence-corrected chi connectivity index (χ1v) is 12.1. The number of nitrogens with zero attached hydrogens (tertiary/aromatic N) is 4. The van der Waals surface area contributed by atoms with Crippen molar-refractivity contribution in [3.8, 4) is 11.4 Å². The Kier molecular flexibility index (Phi) is 7.29. The molecule has 33 heavy (non-hydrogen) atoms. The third kappa shape index (κ3) is 5.36. The Balaban J connectivity index is 1.45. The quantitative estimate of drug-likeness (QED) is 0.470. The smallest absolute Gasteiger partial charge is 0.253 e. The molecule has 1 fully saturated rings. The van der Waals surface area contributed by atoms with Crippen molar-refractivity contribution < 1.29 is 4.79 Å². The molecule has 2 heterocycles. The number of halogens is 1. The first-order chi connectivity index (χ1) is 16.0. The maximum atomic E-state index is 13.0. The summed E-state index contributed by atoms with van der Waals surface area (Å²) in [6, 6.07) is 15.7. The van der Waals surface area contributed by atoms with E-state index < -0.39 is 0 Å². The van der Waals surface area contributed by atoms with Gasteiger partial charge in [-0.25, -0.2) is 9.97 Å². The van der Waals surface area contributed by atoms with Crippen molar-refractivity contribution >= 4 is 23.3 Å². The van der Waals surface area contributed by atoms with Gasteiger partial charge in [-0.05, 0) is 68.7 Å². The maximum Gasteiger partial charge on any atom is 0.253 e. The number of aromatic nitrogens is 2. The molecule has 1 saturated heterocycles.